The Morgan fingerprint density at radius 3 is 2.35 bits per heavy atom. The van der Waals surface area contributed by atoms with Crippen LogP contribution in [0.2, 0.25) is 0 Å². The molecule has 0 heterocycles. The van der Waals surface area contributed by atoms with E-state index in [-0.39, 0.29) is 5.75 Å². The van der Waals surface area contributed by atoms with Crippen LogP contribution in [0.3, 0.4) is 0 Å². The van der Waals surface area contributed by atoms with Crippen LogP contribution < -0.4 is 0 Å². The number of rotatable bonds is 3. The summed E-state index contributed by atoms with van der Waals surface area (Å²) in [7, 11) is 0. The Labute approximate surface area is 120 Å². The molecule has 1 atom stereocenters. The maximum atomic E-state index is 11.0. The molecule has 2 nitrogen and oxygen atoms in total. The van der Waals surface area contributed by atoms with E-state index < -0.39 is 5.60 Å². The summed E-state index contributed by atoms with van der Waals surface area (Å²) in [6.07, 6.45) is 0. The molecule has 0 aliphatic rings. The average molecular weight is 268 g/mol. The predicted octanol–water partition coefficient (Wildman–Crippen LogP) is 3.99. The Balaban J connectivity index is 2.63. The SMILES string of the molecule is C=C(C)c1ccccc1C(C)(O)c1ccc(C)cc1O. The van der Waals surface area contributed by atoms with E-state index in [4.69, 9.17) is 0 Å². The molecule has 2 rings (SSSR count). The molecular weight excluding hydrogens is 248 g/mol. The fourth-order valence-electron chi connectivity index (χ4n) is 2.48. The van der Waals surface area contributed by atoms with E-state index in [1.165, 1.54) is 0 Å². The molecule has 0 aromatic heterocycles. The molecule has 0 saturated heterocycles. The van der Waals surface area contributed by atoms with Crippen molar-refractivity contribution in [2.24, 2.45) is 0 Å². The molecule has 0 amide bonds. The van der Waals surface area contributed by atoms with Gasteiger partial charge >= 0.3 is 0 Å². The molecule has 104 valence electrons. The largest absolute Gasteiger partial charge is 0.508 e. The molecule has 2 heteroatoms. The number of allylic oxidation sites excluding steroid dienone is 1. The first kappa shape index (κ1) is 14.4. The molecular formula is C18H20O2. The Hall–Kier alpha value is -2.06. The summed E-state index contributed by atoms with van der Waals surface area (Å²) in [5, 5.41) is 21.1. The third-order valence-electron chi connectivity index (χ3n) is 3.59. The van der Waals surface area contributed by atoms with Crippen LogP contribution in [0.4, 0.5) is 0 Å². The number of phenols is 1. The van der Waals surface area contributed by atoms with Crippen molar-refractivity contribution in [3.8, 4) is 5.75 Å². The van der Waals surface area contributed by atoms with E-state index in [1.54, 1.807) is 19.1 Å². The first-order chi connectivity index (χ1) is 9.34. The van der Waals surface area contributed by atoms with Crippen LogP contribution in [-0.4, -0.2) is 10.2 Å². The second kappa shape index (κ2) is 5.14. The molecule has 1 unspecified atom stereocenters. The smallest absolute Gasteiger partial charge is 0.122 e. The Kier molecular flexibility index (Phi) is 3.69. The van der Waals surface area contributed by atoms with Crippen molar-refractivity contribution in [3.63, 3.8) is 0 Å². The lowest BCUT2D eigenvalue weighted by Crippen LogP contribution is -2.24. The molecule has 0 spiro atoms. The lowest BCUT2D eigenvalue weighted by molar-refractivity contribution is 0.0989. The fourth-order valence-corrected chi connectivity index (χ4v) is 2.48. The van der Waals surface area contributed by atoms with E-state index in [2.05, 4.69) is 6.58 Å². The zero-order chi connectivity index (χ0) is 14.9. The maximum Gasteiger partial charge on any atom is 0.122 e. The van der Waals surface area contributed by atoms with E-state index >= 15 is 0 Å². The molecule has 0 bridgehead atoms. The number of hydrogen-bond acceptors (Lipinski definition) is 2. The van der Waals surface area contributed by atoms with E-state index in [0.29, 0.717) is 5.56 Å². The highest BCUT2D eigenvalue weighted by Gasteiger charge is 2.30. The van der Waals surface area contributed by atoms with Gasteiger partial charge in [0, 0.05) is 5.56 Å². The minimum absolute atomic E-state index is 0.103. The Bertz CT molecular complexity index is 654. The van der Waals surface area contributed by atoms with Gasteiger partial charge in [-0.05, 0) is 43.5 Å². The predicted molar refractivity (Wildman–Crippen MR) is 82.7 cm³/mol. The minimum Gasteiger partial charge on any atom is -0.508 e. The van der Waals surface area contributed by atoms with Crippen molar-refractivity contribution in [2.75, 3.05) is 0 Å². The van der Waals surface area contributed by atoms with Gasteiger partial charge in [0.05, 0.1) is 0 Å². The Morgan fingerprint density at radius 1 is 1.10 bits per heavy atom. The summed E-state index contributed by atoms with van der Waals surface area (Å²) in [6.45, 7) is 9.46. The first-order valence-electron chi connectivity index (χ1n) is 6.62. The third-order valence-corrected chi connectivity index (χ3v) is 3.59. The standard InChI is InChI=1S/C18H20O2/c1-12(2)14-7-5-6-8-15(14)18(4,20)16-10-9-13(3)11-17(16)19/h5-11,19-20H,1H2,2-4H3. The first-order valence-corrected chi connectivity index (χ1v) is 6.62. The summed E-state index contributed by atoms with van der Waals surface area (Å²) >= 11 is 0. The van der Waals surface area contributed by atoms with E-state index in [9.17, 15) is 10.2 Å². The third kappa shape index (κ3) is 2.47. The zero-order valence-electron chi connectivity index (χ0n) is 12.1. The molecule has 20 heavy (non-hydrogen) atoms. The summed E-state index contributed by atoms with van der Waals surface area (Å²) in [4.78, 5) is 0. The van der Waals surface area contributed by atoms with Gasteiger partial charge in [0.1, 0.15) is 11.4 Å². The average Bonchev–Trinajstić information content (AvgIpc) is 2.38. The van der Waals surface area contributed by atoms with Crippen LogP contribution in [0.25, 0.3) is 5.57 Å². The lowest BCUT2D eigenvalue weighted by Gasteiger charge is -2.28. The highest BCUT2D eigenvalue weighted by Crippen LogP contribution is 2.38. The number of hydrogen-bond donors (Lipinski definition) is 2. The molecule has 0 aliphatic heterocycles. The highest BCUT2D eigenvalue weighted by molar-refractivity contribution is 5.67. The van der Waals surface area contributed by atoms with Crippen LogP contribution in [0.1, 0.15) is 36.1 Å². The minimum atomic E-state index is -1.27. The van der Waals surface area contributed by atoms with Crippen LogP contribution in [0.15, 0.2) is 49.0 Å². The van der Waals surface area contributed by atoms with Crippen molar-refractivity contribution >= 4 is 5.57 Å². The fraction of sp³-hybridized carbons (Fsp3) is 0.222. The van der Waals surface area contributed by atoms with Gasteiger partial charge in [-0.15, -0.1) is 0 Å². The zero-order valence-corrected chi connectivity index (χ0v) is 12.1. The molecule has 2 aromatic rings. The van der Waals surface area contributed by atoms with Crippen LogP contribution in [0.5, 0.6) is 5.75 Å². The highest BCUT2D eigenvalue weighted by atomic mass is 16.3. The lowest BCUT2D eigenvalue weighted by atomic mass is 9.83. The molecule has 0 radical (unpaired) electrons. The van der Waals surface area contributed by atoms with Gasteiger partial charge in [-0.2, -0.15) is 0 Å². The molecule has 2 aromatic carbocycles. The van der Waals surface area contributed by atoms with Crippen LogP contribution in [-0.2, 0) is 5.60 Å². The van der Waals surface area contributed by atoms with Crippen molar-refractivity contribution in [2.45, 2.75) is 26.4 Å². The van der Waals surface area contributed by atoms with Gasteiger partial charge in [0.15, 0.2) is 0 Å². The second-order valence-electron chi connectivity index (χ2n) is 5.42. The summed E-state index contributed by atoms with van der Waals surface area (Å²) < 4.78 is 0. The number of aliphatic hydroxyl groups is 1. The van der Waals surface area contributed by atoms with E-state index in [0.717, 1.165) is 22.3 Å². The van der Waals surface area contributed by atoms with Gasteiger partial charge in [0.25, 0.3) is 0 Å². The second-order valence-corrected chi connectivity index (χ2v) is 5.42. The maximum absolute atomic E-state index is 11.0. The number of phenolic OH excluding ortho intramolecular Hbond substituents is 1. The van der Waals surface area contributed by atoms with Gasteiger partial charge in [-0.1, -0.05) is 48.6 Å². The van der Waals surface area contributed by atoms with Crippen molar-refractivity contribution in [1.29, 1.82) is 0 Å². The molecule has 0 aliphatic carbocycles. The van der Waals surface area contributed by atoms with Gasteiger partial charge in [-0.25, -0.2) is 0 Å². The number of aromatic hydroxyl groups is 1. The summed E-state index contributed by atoms with van der Waals surface area (Å²) in [6, 6.07) is 12.9. The molecule has 0 fully saturated rings. The normalized spacial score (nSPS) is 13.8. The summed E-state index contributed by atoms with van der Waals surface area (Å²) in [5.74, 6) is 0.103. The van der Waals surface area contributed by atoms with Crippen LogP contribution in [0, 0.1) is 6.92 Å². The number of benzene rings is 2. The molecule has 2 N–H and O–H groups in total. The van der Waals surface area contributed by atoms with Crippen LogP contribution >= 0.6 is 0 Å². The van der Waals surface area contributed by atoms with Crippen molar-refractivity contribution in [1.82, 2.24) is 0 Å². The quantitative estimate of drug-likeness (QED) is 0.883. The monoisotopic (exact) mass is 268 g/mol. The van der Waals surface area contributed by atoms with E-state index in [1.807, 2.05) is 44.2 Å². The van der Waals surface area contributed by atoms with Gasteiger partial charge in [-0.3, -0.25) is 0 Å². The van der Waals surface area contributed by atoms with Crippen molar-refractivity contribution in [3.05, 3.63) is 71.3 Å². The Morgan fingerprint density at radius 2 is 1.75 bits per heavy atom. The van der Waals surface area contributed by atoms with Gasteiger partial charge < -0.3 is 10.2 Å². The van der Waals surface area contributed by atoms with Gasteiger partial charge in [0.2, 0.25) is 0 Å². The number of aryl methyl sites for hydroxylation is 1. The summed E-state index contributed by atoms with van der Waals surface area (Å²) in [5.41, 5.74) is 2.71. The topological polar surface area (TPSA) is 40.5 Å². The van der Waals surface area contributed by atoms with Crippen molar-refractivity contribution < 1.29 is 10.2 Å². The molecule has 0 saturated carbocycles.